The number of nitro groups is 1. The van der Waals surface area contributed by atoms with E-state index in [1.807, 2.05) is 0 Å². The summed E-state index contributed by atoms with van der Waals surface area (Å²) in [5.41, 5.74) is -1.03. The summed E-state index contributed by atoms with van der Waals surface area (Å²) in [6.07, 6.45) is 1.94. The first kappa shape index (κ1) is 15.4. The highest BCUT2D eigenvalue weighted by Gasteiger charge is 2.41. The third kappa shape index (κ3) is 3.18. The summed E-state index contributed by atoms with van der Waals surface area (Å²) in [7, 11) is -3.94. The maximum absolute atomic E-state index is 12.4. The monoisotopic (exact) mass is 362 g/mol. The molecule has 1 fully saturated rings. The number of hydrogen-bond donors (Lipinski definition) is 1. The molecule has 0 radical (unpaired) electrons. The molecule has 1 N–H and O–H groups in total. The lowest BCUT2D eigenvalue weighted by atomic mass is 10.0. The minimum atomic E-state index is -3.94. The lowest BCUT2D eigenvalue weighted by Crippen LogP contribution is -2.45. The van der Waals surface area contributed by atoms with Gasteiger partial charge in [0.15, 0.2) is 4.90 Å². The Morgan fingerprint density at radius 2 is 2.00 bits per heavy atom. The van der Waals surface area contributed by atoms with Gasteiger partial charge in [-0.25, -0.2) is 13.1 Å². The number of benzene rings is 1. The third-order valence-electron chi connectivity index (χ3n) is 3.40. The Bertz CT molecular complexity index is 653. The molecule has 0 atom stereocenters. The van der Waals surface area contributed by atoms with E-state index in [1.165, 1.54) is 18.2 Å². The lowest BCUT2D eigenvalue weighted by Gasteiger charge is -2.25. The second-order valence-corrected chi connectivity index (χ2v) is 8.04. The summed E-state index contributed by atoms with van der Waals surface area (Å²) in [5.74, 6) is 0.281. The van der Waals surface area contributed by atoms with Crippen molar-refractivity contribution in [1.29, 1.82) is 0 Å². The van der Waals surface area contributed by atoms with E-state index in [4.69, 9.17) is 0 Å². The van der Waals surface area contributed by atoms with Gasteiger partial charge in [0.1, 0.15) is 0 Å². The molecule has 0 amide bonds. The van der Waals surface area contributed by atoms with Gasteiger partial charge in [0.05, 0.1) is 4.92 Å². The summed E-state index contributed by atoms with van der Waals surface area (Å²) < 4.78 is 27.9. The highest BCUT2D eigenvalue weighted by Crippen LogP contribution is 2.40. The highest BCUT2D eigenvalue weighted by molar-refractivity contribution is 9.10. The molecule has 0 unspecified atom stereocenters. The normalized spacial score (nSPS) is 16.1. The Morgan fingerprint density at radius 1 is 1.40 bits per heavy atom. The quantitative estimate of drug-likeness (QED) is 0.644. The van der Waals surface area contributed by atoms with Crippen molar-refractivity contribution in [3.05, 3.63) is 32.8 Å². The van der Waals surface area contributed by atoms with E-state index in [0.29, 0.717) is 4.47 Å². The molecule has 0 bridgehead atoms. The topological polar surface area (TPSA) is 89.3 Å². The minimum Gasteiger partial charge on any atom is -0.258 e. The van der Waals surface area contributed by atoms with Gasteiger partial charge in [0, 0.05) is 16.1 Å². The summed E-state index contributed by atoms with van der Waals surface area (Å²) in [5, 5.41) is 11.0. The summed E-state index contributed by atoms with van der Waals surface area (Å²) >= 11 is 3.14. The van der Waals surface area contributed by atoms with Gasteiger partial charge in [-0.2, -0.15) is 0 Å². The summed E-state index contributed by atoms with van der Waals surface area (Å²) in [6.45, 7) is 3.60. The average molecular weight is 363 g/mol. The number of nitrogens with one attached hydrogen (secondary N) is 1. The van der Waals surface area contributed by atoms with Crippen LogP contribution in [-0.4, -0.2) is 18.9 Å². The number of hydrogen-bond acceptors (Lipinski definition) is 4. The van der Waals surface area contributed by atoms with Gasteiger partial charge in [-0.15, -0.1) is 0 Å². The molecule has 0 aliphatic heterocycles. The smallest absolute Gasteiger partial charge is 0.258 e. The van der Waals surface area contributed by atoms with Crippen molar-refractivity contribution in [3.8, 4) is 0 Å². The van der Waals surface area contributed by atoms with Crippen LogP contribution in [0, 0.1) is 16.0 Å². The zero-order chi connectivity index (χ0) is 15.1. The van der Waals surface area contributed by atoms with Crippen LogP contribution in [0.15, 0.2) is 27.6 Å². The van der Waals surface area contributed by atoms with Gasteiger partial charge in [-0.1, -0.05) is 15.9 Å². The molecule has 0 aromatic heterocycles. The van der Waals surface area contributed by atoms with E-state index < -0.39 is 26.2 Å². The van der Waals surface area contributed by atoms with Gasteiger partial charge in [-0.05, 0) is 44.7 Å². The van der Waals surface area contributed by atoms with Crippen LogP contribution in [-0.2, 0) is 10.0 Å². The minimum absolute atomic E-state index is 0.281. The van der Waals surface area contributed by atoms with Gasteiger partial charge in [0.2, 0.25) is 10.0 Å². The molecule has 1 aromatic rings. The van der Waals surface area contributed by atoms with E-state index in [-0.39, 0.29) is 10.8 Å². The van der Waals surface area contributed by atoms with Crippen molar-refractivity contribution in [2.45, 2.75) is 37.1 Å². The van der Waals surface area contributed by atoms with Crippen LogP contribution in [0.1, 0.15) is 26.7 Å². The highest BCUT2D eigenvalue weighted by atomic mass is 79.9. The zero-order valence-corrected chi connectivity index (χ0v) is 13.5. The molecule has 1 aliphatic carbocycles. The van der Waals surface area contributed by atoms with E-state index in [9.17, 15) is 18.5 Å². The van der Waals surface area contributed by atoms with Crippen LogP contribution in [0.4, 0.5) is 5.69 Å². The number of rotatable bonds is 5. The molecule has 6 nitrogen and oxygen atoms in total. The first-order valence-corrected chi connectivity index (χ1v) is 8.39. The van der Waals surface area contributed by atoms with Crippen molar-refractivity contribution in [1.82, 2.24) is 4.72 Å². The molecular formula is C12H15BrN2O4S. The molecule has 8 heteroatoms. The number of nitrogens with zero attached hydrogens (tertiary/aromatic N) is 1. The molecule has 20 heavy (non-hydrogen) atoms. The van der Waals surface area contributed by atoms with Gasteiger partial charge >= 0.3 is 0 Å². The molecule has 110 valence electrons. The van der Waals surface area contributed by atoms with Crippen molar-refractivity contribution in [3.63, 3.8) is 0 Å². The molecule has 0 heterocycles. The van der Waals surface area contributed by atoms with Crippen LogP contribution in [0.25, 0.3) is 0 Å². The number of nitro benzene ring substituents is 1. The van der Waals surface area contributed by atoms with E-state index in [1.54, 1.807) is 13.8 Å². The van der Waals surface area contributed by atoms with E-state index in [0.717, 1.165) is 12.8 Å². The Labute approximate surface area is 125 Å². The molecule has 1 saturated carbocycles. The largest absolute Gasteiger partial charge is 0.289 e. The average Bonchev–Trinajstić information content (AvgIpc) is 3.10. The van der Waals surface area contributed by atoms with Crippen molar-refractivity contribution in [2.75, 3.05) is 0 Å². The first-order valence-electron chi connectivity index (χ1n) is 6.11. The maximum atomic E-state index is 12.4. The molecule has 1 aromatic carbocycles. The first-order chi connectivity index (χ1) is 9.13. The van der Waals surface area contributed by atoms with Gasteiger partial charge < -0.3 is 0 Å². The van der Waals surface area contributed by atoms with Crippen molar-refractivity contribution < 1.29 is 13.3 Å². The van der Waals surface area contributed by atoms with E-state index >= 15 is 0 Å². The van der Waals surface area contributed by atoms with Crippen molar-refractivity contribution >= 4 is 31.6 Å². The second kappa shape index (κ2) is 5.09. The Morgan fingerprint density at radius 3 is 2.50 bits per heavy atom. The lowest BCUT2D eigenvalue weighted by molar-refractivity contribution is -0.387. The van der Waals surface area contributed by atoms with Crippen molar-refractivity contribution in [2.24, 2.45) is 5.92 Å². The number of halogens is 1. The molecule has 1 aliphatic rings. The van der Waals surface area contributed by atoms with Crippen LogP contribution in [0.2, 0.25) is 0 Å². The Kier molecular flexibility index (Phi) is 3.92. The van der Waals surface area contributed by atoms with E-state index in [2.05, 4.69) is 20.7 Å². The van der Waals surface area contributed by atoms with Crippen LogP contribution in [0.5, 0.6) is 0 Å². The fourth-order valence-electron chi connectivity index (χ4n) is 2.14. The van der Waals surface area contributed by atoms with Gasteiger partial charge in [0.25, 0.3) is 5.69 Å². The second-order valence-electron chi connectivity index (χ2n) is 5.47. The zero-order valence-electron chi connectivity index (χ0n) is 11.1. The SMILES string of the molecule is CC(C)(NS(=O)(=O)c1cc(Br)ccc1[N+](=O)[O-])C1CC1. The van der Waals surface area contributed by atoms with Crippen LogP contribution >= 0.6 is 15.9 Å². The number of sulfonamides is 1. The molecular weight excluding hydrogens is 348 g/mol. The molecule has 2 rings (SSSR count). The van der Waals surface area contributed by atoms with Crippen LogP contribution in [0.3, 0.4) is 0 Å². The molecule has 0 spiro atoms. The molecule has 0 saturated heterocycles. The van der Waals surface area contributed by atoms with Gasteiger partial charge in [-0.3, -0.25) is 10.1 Å². The summed E-state index contributed by atoms with van der Waals surface area (Å²) in [4.78, 5) is 9.99. The Balaban J connectivity index is 2.43. The fraction of sp³-hybridized carbons (Fsp3) is 0.500. The Hall–Kier alpha value is -0.990. The fourth-order valence-corrected chi connectivity index (χ4v) is 4.33. The predicted molar refractivity (Wildman–Crippen MR) is 77.9 cm³/mol. The third-order valence-corrected chi connectivity index (χ3v) is 5.60. The summed E-state index contributed by atoms with van der Waals surface area (Å²) in [6, 6.07) is 3.88. The standard InChI is InChI=1S/C12H15BrN2O4S/c1-12(2,8-3-4-8)14-20(18,19)11-7-9(13)5-6-10(11)15(16)17/h5-8,14H,3-4H2,1-2H3. The van der Waals surface area contributed by atoms with Crippen LogP contribution < -0.4 is 4.72 Å². The maximum Gasteiger partial charge on any atom is 0.289 e. The predicted octanol–water partition coefficient (Wildman–Crippen LogP) is 2.82.